The third-order valence-corrected chi connectivity index (χ3v) is 5.59. The molecule has 0 spiro atoms. The molecule has 8 heteroatoms. The van der Waals surface area contributed by atoms with Crippen LogP contribution in [0.15, 0.2) is 24.3 Å². The van der Waals surface area contributed by atoms with Crippen molar-refractivity contribution in [2.24, 2.45) is 0 Å². The lowest BCUT2D eigenvalue weighted by molar-refractivity contribution is 0.208. The van der Waals surface area contributed by atoms with Crippen LogP contribution in [-0.2, 0) is 12.8 Å². The van der Waals surface area contributed by atoms with Crippen LogP contribution in [0.3, 0.4) is 0 Å². The first kappa shape index (κ1) is 18.8. The molecule has 1 N–H and O–H groups in total. The number of halogens is 1. The third kappa shape index (κ3) is 3.99. The van der Waals surface area contributed by atoms with Crippen LogP contribution in [0.5, 0.6) is 5.75 Å². The molecule has 1 saturated heterocycles. The summed E-state index contributed by atoms with van der Waals surface area (Å²) in [6.07, 6.45) is 4.54. The van der Waals surface area contributed by atoms with Crippen molar-refractivity contribution >= 4 is 29.1 Å². The maximum absolute atomic E-state index is 12.7. The third-order valence-electron chi connectivity index (χ3n) is 5.35. The van der Waals surface area contributed by atoms with Crippen molar-refractivity contribution in [2.75, 3.05) is 43.5 Å². The molecule has 0 radical (unpaired) electrons. The number of anilines is 2. The zero-order valence-corrected chi connectivity index (χ0v) is 16.7. The van der Waals surface area contributed by atoms with Crippen molar-refractivity contribution in [3.8, 4) is 5.75 Å². The van der Waals surface area contributed by atoms with E-state index in [1.54, 1.807) is 30.2 Å². The average Bonchev–Trinajstić information content (AvgIpc) is 2.73. The van der Waals surface area contributed by atoms with Crippen molar-refractivity contribution in [3.05, 3.63) is 40.5 Å². The summed E-state index contributed by atoms with van der Waals surface area (Å²) in [6.45, 7) is 2.70. The molecule has 0 atom stereocenters. The Bertz CT molecular complexity index is 868. The molecule has 1 aliphatic carbocycles. The van der Waals surface area contributed by atoms with Crippen molar-refractivity contribution in [1.29, 1.82) is 0 Å². The van der Waals surface area contributed by atoms with Crippen LogP contribution in [0, 0.1) is 0 Å². The molecule has 1 aromatic heterocycles. The average molecular weight is 402 g/mol. The second kappa shape index (κ2) is 8.22. The number of nitrogens with zero attached hydrogens (tertiary/aromatic N) is 4. The molecule has 2 heterocycles. The molecular formula is C20H24ClN5O2. The largest absolute Gasteiger partial charge is 0.495 e. The predicted octanol–water partition coefficient (Wildman–Crippen LogP) is 3.37. The first-order valence-electron chi connectivity index (χ1n) is 9.64. The SMILES string of the molecule is COc1ccc(Cl)cc1NC(=O)N1CCN(c2cc3c(nn2)CCCC3)CC1. The first-order chi connectivity index (χ1) is 13.6. The maximum Gasteiger partial charge on any atom is 0.322 e. The van der Waals surface area contributed by atoms with Crippen LogP contribution in [-0.4, -0.2) is 54.4 Å². The Hall–Kier alpha value is -2.54. The summed E-state index contributed by atoms with van der Waals surface area (Å²) in [4.78, 5) is 16.6. The van der Waals surface area contributed by atoms with Gasteiger partial charge in [-0.2, -0.15) is 5.10 Å². The number of aryl methyl sites for hydroxylation is 2. The number of amides is 2. The van der Waals surface area contributed by atoms with Gasteiger partial charge in [-0.25, -0.2) is 4.79 Å². The minimum Gasteiger partial charge on any atom is -0.495 e. The Kier molecular flexibility index (Phi) is 5.52. The fourth-order valence-electron chi connectivity index (χ4n) is 3.74. The van der Waals surface area contributed by atoms with E-state index < -0.39 is 0 Å². The number of ether oxygens (including phenoxy) is 1. The minimum atomic E-state index is -0.156. The van der Waals surface area contributed by atoms with Crippen molar-refractivity contribution in [2.45, 2.75) is 25.7 Å². The summed E-state index contributed by atoms with van der Waals surface area (Å²) in [5.41, 5.74) is 3.04. The molecule has 4 rings (SSSR count). The van der Waals surface area contributed by atoms with Gasteiger partial charge in [0.05, 0.1) is 18.5 Å². The molecule has 7 nitrogen and oxygen atoms in total. The molecular weight excluding hydrogens is 378 g/mol. The Balaban J connectivity index is 1.37. The van der Waals surface area contributed by atoms with Crippen LogP contribution in [0.4, 0.5) is 16.3 Å². The molecule has 2 aliphatic rings. The number of urea groups is 1. The van der Waals surface area contributed by atoms with Crippen molar-refractivity contribution in [1.82, 2.24) is 15.1 Å². The van der Waals surface area contributed by atoms with E-state index in [0.29, 0.717) is 29.5 Å². The topological polar surface area (TPSA) is 70.6 Å². The number of benzene rings is 1. The second-order valence-corrected chi connectivity index (χ2v) is 7.57. The normalized spacial score (nSPS) is 16.5. The van der Waals surface area contributed by atoms with Gasteiger partial charge in [0.2, 0.25) is 0 Å². The number of piperazine rings is 1. The molecule has 28 heavy (non-hydrogen) atoms. The fraction of sp³-hybridized carbons (Fsp3) is 0.450. The summed E-state index contributed by atoms with van der Waals surface area (Å²) in [6, 6.07) is 7.18. The zero-order valence-electron chi connectivity index (χ0n) is 15.9. The number of carbonyl (C=O) groups is 1. The minimum absolute atomic E-state index is 0.156. The molecule has 0 unspecified atom stereocenters. The molecule has 0 saturated carbocycles. The lowest BCUT2D eigenvalue weighted by Crippen LogP contribution is -2.50. The summed E-state index contributed by atoms with van der Waals surface area (Å²) < 4.78 is 5.29. The quantitative estimate of drug-likeness (QED) is 0.853. The summed E-state index contributed by atoms with van der Waals surface area (Å²) >= 11 is 6.04. The molecule has 2 aromatic rings. The molecule has 1 aliphatic heterocycles. The van der Waals surface area contributed by atoms with Gasteiger partial charge in [-0.1, -0.05) is 11.6 Å². The monoisotopic (exact) mass is 401 g/mol. The van der Waals surface area contributed by atoms with Gasteiger partial charge in [-0.15, -0.1) is 5.10 Å². The molecule has 1 fully saturated rings. The van der Waals surface area contributed by atoms with Gasteiger partial charge in [-0.05, 0) is 55.5 Å². The number of carbonyl (C=O) groups excluding carboxylic acids is 1. The number of fused-ring (bicyclic) bond motifs is 1. The highest BCUT2D eigenvalue weighted by atomic mass is 35.5. The smallest absolute Gasteiger partial charge is 0.322 e. The van der Waals surface area contributed by atoms with Crippen LogP contribution < -0.4 is 15.0 Å². The van der Waals surface area contributed by atoms with Crippen molar-refractivity contribution in [3.63, 3.8) is 0 Å². The van der Waals surface area contributed by atoms with E-state index in [0.717, 1.165) is 37.4 Å². The van der Waals surface area contributed by atoms with Gasteiger partial charge in [0.15, 0.2) is 5.82 Å². The fourth-order valence-corrected chi connectivity index (χ4v) is 3.92. The number of methoxy groups -OCH3 is 1. The van der Waals surface area contributed by atoms with Gasteiger partial charge >= 0.3 is 6.03 Å². The second-order valence-electron chi connectivity index (χ2n) is 7.13. The number of hydrogen-bond acceptors (Lipinski definition) is 5. The molecule has 1 aromatic carbocycles. The Morgan fingerprint density at radius 3 is 2.68 bits per heavy atom. The van der Waals surface area contributed by atoms with Gasteiger partial charge in [-0.3, -0.25) is 0 Å². The summed E-state index contributed by atoms with van der Waals surface area (Å²) in [7, 11) is 1.57. The highest BCUT2D eigenvalue weighted by molar-refractivity contribution is 6.31. The maximum atomic E-state index is 12.7. The lowest BCUT2D eigenvalue weighted by atomic mass is 9.97. The van der Waals surface area contributed by atoms with Gasteiger partial charge < -0.3 is 19.9 Å². The standard InChI is InChI=1S/C20H24ClN5O2/c1-28-18-7-6-15(21)13-17(18)22-20(27)26-10-8-25(9-11-26)19-12-14-4-2-3-5-16(14)23-24-19/h6-7,12-13H,2-5,8-11H2,1H3,(H,22,27). The van der Waals surface area contributed by atoms with Crippen molar-refractivity contribution < 1.29 is 9.53 Å². The van der Waals surface area contributed by atoms with E-state index in [9.17, 15) is 4.79 Å². The van der Waals surface area contributed by atoms with E-state index in [1.807, 2.05) is 0 Å². The number of rotatable bonds is 3. The van der Waals surface area contributed by atoms with Gasteiger partial charge in [0.1, 0.15) is 5.75 Å². The van der Waals surface area contributed by atoms with Crippen LogP contribution in [0.1, 0.15) is 24.1 Å². The van der Waals surface area contributed by atoms with Crippen LogP contribution in [0.25, 0.3) is 0 Å². The Labute approximate surface area is 169 Å². The number of aromatic nitrogens is 2. The summed E-state index contributed by atoms with van der Waals surface area (Å²) in [5.74, 6) is 1.50. The molecule has 0 bridgehead atoms. The van der Waals surface area contributed by atoms with E-state index in [4.69, 9.17) is 16.3 Å². The Morgan fingerprint density at radius 1 is 1.11 bits per heavy atom. The van der Waals surface area contributed by atoms with Crippen LogP contribution in [0.2, 0.25) is 5.02 Å². The highest BCUT2D eigenvalue weighted by Crippen LogP contribution is 2.28. The first-order valence-corrected chi connectivity index (χ1v) is 10.0. The van der Waals surface area contributed by atoms with E-state index >= 15 is 0 Å². The zero-order chi connectivity index (χ0) is 19.5. The molecule has 2 amide bonds. The predicted molar refractivity (Wildman–Crippen MR) is 109 cm³/mol. The number of nitrogens with one attached hydrogen (secondary N) is 1. The van der Waals surface area contributed by atoms with E-state index in [2.05, 4.69) is 26.5 Å². The van der Waals surface area contributed by atoms with Crippen LogP contribution >= 0.6 is 11.6 Å². The lowest BCUT2D eigenvalue weighted by Gasteiger charge is -2.35. The van der Waals surface area contributed by atoms with E-state index in [-0.39, 0.29) is 6.03 Å². The number of hydrogen-bond donors (Lipinski definition) is 1. The highest BCUT2D eigenvalue weighted by Gasteiger charge is 2.24. The van der Waals surface area contributed by atoms with E-state index in [1.165, 1.54) is 18.4 Å². The van der Waals surface area contributed by atoms with Gasteiger partial charge in [0.25, 0.3) is 0 Å². The molecule has 148 valence electrons. The van der Waals surface area contributed by atoms with Gasteiger partial charge in [0, 0.05) is 31.2 Å². The Morgan fingerprint density at radius 2 is 1.89 bits per heavy atom. The summed E-state index contributed by atoms with van der Waals surface area (Å²) in [5, 5.41) is 12.3.